The predicted octanol–water partition coefficient (Wildman–Crippen LogP) is 7.12. The molecule has 5 rings (SSSR count). The van der Waals surface area contributed by atoms with Crippen molar-refractivity contribution in [3.05, 3.63) is 88.7 Å². The lowest BCUT2D eigenvalue weighted by Crippen LogP contribution is -2.45. The van der Waals surface area contributed by atoms with Gasteiger partial charge in [-0.15, -0.1) is 5.10 Å². The smallest absolute Gasteiger partial charge is 0.196 e. The minimum atomic E-state index is -0.469. The zero-order chi connectivity index (χ0) is 26.6. The molecule has 8 heteroatoms. The van der Waals surface area contributed by atoms with Crippen molar-refractivity contribution in [1.29, 1.82) is 0 Å². The van der Waals surface area contributed by atoms with Crippen molar-refractivity contribution in [3.8, 4) is 11.5 Å². The number of hydrogen-bond donors (Lipinski definition) is 0. The Morgan fingerprint density at radius 1 is 1.03 bits per heavy atom. The molecule has 0 amide bonds. The van der Waals surface area contributed by atoms with Crippen LogP contribution in [0.4, 0.5) is 10.1 Å². The topological polar surface area (TPSA) is 54.4 Å². The van der Waals surface area contributed by atoms with Gasteiger partial charge in [-0.3, -0.25) is 4.79 Å². The van der Waals surface area contributed by atoms with Crippen molar-refractivity contribution >= 4 is 28.9 Å². The molecule has 2 aliphatic rings. The Morgan fingerprint density at radius 3 is 2.45 bits per heavy atom. The van der Waals surface area contributed by atoms with E-state index in [1.807, 2.05) is 35.3 Å². The molecule has 0 N–H and O–H groups in total. The van der Waals surface area contributed by atoms with Crippen LogP contribution < -0.4 is 14.5 Å². The van der Waals surface area contributed by atoms with Gasteiger partial charge in [-0.25, -0.2) is 9.40 Å². The number of anilines is 1. The van der Waals surface area contributed by atoms with Gasteiger partial charge in [-0.2, -0.15) is 0 Å². The van der Waals surface area contributed by atoms with Gasteiger partial charge in [0.25, 0.3) is 0 Å². The molecule has 1 unspecified atom stereocenters. The third kappa shape index (κ3) is 5.20. The van der Waals surface area contributed by atoms with E-state index in [9.17, 15) is 9.18 Å². The summed E-state index contributed by atoms with van der Waals surface area (Å²) >= 11 is 6.19. The molecule has 0 radical (unpaired) electrons. The fraction of sp³-hybridized carbons (Fsp3) is 0.333. The second-order valence-electron chi connectivity index (χ2n) is 9.63. The van der Waals surface area contributed by atoms with Crippen LogP contribution in [0.2, 0.25) is 5.02 Å². The molecule has 0 aromatic heterocycles. The molecule has 1 atom stereocenters. The number of carbonyl (C=O) groups excluding carboxylic acids is 1. The standard InChI is InChI=1S/C30H31ClFN3O3/c1-20(36)29-33-35(24-17-15-22(31)16-18-24)30(34(29)23-10-4-3-5-11-23)25-12-8-14-27(37-2)28(25)38-19-21-9-6-7-13-26(21)32/h6-9,12-18,23,30H,3-5,10-11,19H2,1-2H3. The average molecular weight is 536 g/mol. The normalized spacial score (nSPS) is 17.9. The summed E-state index contributed by atoms with van der Waals surface area (Å²) in [5.41, 5.74) is 2.01. The highest BCUT2D eigenvalue weighted by atomic mass is 35.5. The predicted molar refractivity (Wildman–Crippen MR) is 147 cm³/mol. The number of para-hydroxylation sites is 1. The molecule has 0 saturated heterocycles. The molecule has 1 heterocycles. The number of methoxy groups -OCH3 is 1. The maximum atomic E-state index is 14.4. The first-order valence-electron chi connectivity index (χ1n) is 12.9. The van der Waals surface area contributed by atoms with E-state index < -0.39 is 6.17 Å². The summed E-state index contributed by atoms with van der Waals surface area (Å²) in [6.45, 7) is 1.58. The van der Waals surface area contributed by atoms with Crippen LogP contribution in [0.25, 0.3) is 0 Å². The molecule has 3 aromatic rings. The summed E-state index contributed by atoms with van der Waals surface area (Å²) < 4.78 is 26.4. The summed E-state index contributed by atoms with van der Waals surface area (Å²) in [6.07, 6.45) is 4.82. The lowest BCUT2D eigenvalue weighted by atomic mass is 9.92. The summed E-state index contributed by atoms with van der Waals surface area (Å²) in [7, 11) is 1.58. The van der Waals surface area contributed by atoms with Crippen LogP contribution in [-0.4, -0.2) is 29.7 Å². The van der Waals surface area contributed by atoms with Gasteiger partial charge in [0.1, 0.15) is 12.4 Å². The number of nitrogens with zero attached hydrogens (tertiary/aromatic N) is 3. The van der Waals surface area contributed by atoms with Gasteiger partial charge < -0.3 is 14.4 Å². The van der Waals surface area contributed by atoms with E-state index in [1.165, 1.54) is 12.5 Å². The molecule has 1 aliphatic carbocycles. The second-order valence-corrected chi connectivity index (χ2v) is 10.1. The van der Waals surface area contributed by atoms with E-state index in [1.54, 1.807) is 44.4 Å². The molecular formula is C30H31ClFN3O3. The van der Waals surface area contributed by atoms with Crippen molar-refractivity contribution in [1.82, 2.24) is 4.90 Å². The summed E-state index contributed by atoms with van der Waals surface area (Å²) in [6, 6.07) is 19.8. The Bertz CT molecular complexity index is 1320. The van der Waals surface area contributed by atoms with Crippen LogP contribution in [0.3, 0.4) is 0 Å². The largest absolute Gasteiger partial charge is 0.493 e. The van der Waals surface area contributed by atoms with Crippen molar-refractivity contribution < 1.29 is 18.7 Å². The quantitative estimate of drug-likeness (QED) is 0.307. The minimum Gasteiger partial charge on any atom is -0.493 e. The third-order valence-electron chi connectivity index (χ3n) is 7.15. The number of ketones is 1. The number of rotatable bonds is 8. The highest BCUT2D eigenvalue weighted by Gasteiger charge is 2.43. The van der Waals surface area contributed by atoms with E-state index in [0.29, 0.717) is 27.9 Å². The van der Waals surface area contributed by atoms with Crippen LogP contribution >= 0.6 is 11.6 Å². The monoisotopic (exact) mass is 535 g/mol. The molecule has 0 spiro atoms. The minimum absolute atomic E-state index is 0.0254. The summed E-state index contributed by atoms with van der Waals surface area (Å²) in [5.74, 6) is 0.991. The number of Topliss-reactive ketones (excluding diaryl/α,β-unsaturated/α-hetero) is 1. The molecule has 6 nitrogen and oxygen atoms in total. The van der Waals surface area contributed by atoms with Gasteiger partial charge in [0.05, 0.1) is 12.8 Å². The summed E-state index contributed by atoms with van der Waals surface area (Å²) in [4.78, 5) is 15.1. The van der Waals surface area contributed by atoms with Gasteiger partial charge in [0.15, 0.2) is 29.3 Å². The van der Waals surface area contributed by atoms with Crippen molar-refractivity contribution in [2.24, 2.45) is 5.10 Å². The Labute approximate surface area is 227 Å². The van der Waals surface area contributed by atoms with E-state index in [-0.39, 0.29) is 24.2 Å². The number of hydrazone groups is 1. The van der Waals surface area contributed by atoms with E-state index in [0.717, 1.165) is 36.9 Å². The van der Waals surface area contributed by atoms with Crippen LogP contribution in [0.15, 0.2) is 71.8 Å². The van der Waals surface area contributed by atoms with Crippen LogP contribution in [-0.2, 0) is 11.4 Å². The first kappa shape index (κ1) is 26.0. The maximum Gasteiger partial charge on any atom is 0.196 e. The van der Waals surface area contributed by atoms with Gasteiger partial charge in [-0.1, -0.05) is 61.2 Å². The fourth-order valence-electron chi connectivity index (χ4n) is 5.32. The second kappa shape index (κ2) is 11.4. The number of benzene rings is 3. The Balaban J connectivity index is 1.63. The highest BCUT2D eigenvalue weighted by Crippen LogP contribution is 2.46. The molecule has 1 fully saturated rings. The van der Waals surface area contributed by atoms with Crippen molar-refractivity contribution in [3.63, 3.8) is 0 Å². The van der Waals surface area contributed by atoms with Crippen LogP contribution in [0.1, 0.15) is 56.3 Å². The molecule has 1 saturated carbocycles. The third-order valence-corrected chi connectivity index (χ3v) is 7.41. The zero-order valence-electron chi connectivity index (χ0n) is 21.6. The first-order valence-corrected chi connectivity index (χ1v) is 13.3. The highest BCUT2D eigenvalue weighted by molar-refractivity contribution is 6.38. The molecule has 1 aliphatic heterocycles. The van der Waals surface area contributed by atoms with Gasteiger partial charge >= 0.3 is 0 Å². The van der Waals surface area contributed by atoms with E-state index >= 15 is 0 Å². The Morgan fingerprint density at radius 2 is 1.76 bits per heavy atom. The number of amidine groups is 1. The van der Waals surface area contributed by atoms with Gasteiger partial charge in [0, 0.05) is 29.1 Å². The lowest BCUT2D eigenvalue weighted by Gasteiger charge is -2.39. The molecular weight excluding hydrogens is 505 g/mol. The SMILES string of the molecule is COc1cccc(C2N(c3ccc(Cl)cc3)N=C(C(C)=O)N2C2CCCCC2)c1OCc1ccccc1F. The number of carbonyl (C=O) groups is 1. The Kier molecular flexibility index (Phi) is 7.84. The van der Waals surface area contributed by atoms with Crippen LogP contribution in [0.5, 0.6) is 11.5 Å². The number of ether oxygens (including phenoxy) is 2. The van der Waals surface area contributed by atoms with E-state index in [2.05, 4.69) is 4.90 Å². The lowest BCUT2D eigenvalue weighted by molar-refractivity contribution is -0.111. The zero-order valence-corrected chi connectivity index (χ0v) is 22.3. The van der Waals surface area contributed by atoms with Crippen LogP contribution in [0, 0.1) is 5.82 Å². The van der Waals surface area contributed by atoms with E-state index in [4.69, 9.17) is 26.2 Å². The van der Waals surface area contributed by atoms with Crippen molar-refractivity contribution in [2.75, 3.05) is 12.1 Å². The first-order chi connectivity index (χ1) is 18.5. The number of halogens is 2. The van der Waals surface area contributed by atoms with Gasteiger partial charge in [-0.05, 0) is 49.2 Å². The molecule has 198 valence electrons. The maximum absolute atomic E-state index is 14.4. The molecule has 3 aromatic carbocycles. The molecule has 38 heavy (non-hydrogen) atoms. The Hall–Kier alpha value is -3.58. The number of hydrogen-bond acceptors (Lipinski definition) is 6. The fourth-order valence-corrected chi connectivity index (χ4v) is 5.44. The average Bonchev–Trinajstić information content (AvgIpc) is 3.34. The van der Waals surface area contributed by atoms with Gasteiger partial charge in [0.2, 0.25) is 0 Å². The van der Waals surface area contributed by atoms with Crippen molar-refractivity contribution in [2.45, 2.75) is 57.8 Å². The summed E-state index contributed by atoms with van der Waals surface area (Å²) in [5, 5.41) is 7.32. The molecule has 0 bridgehead atoms.